The summed E-state index contributed by atoms with van der Waals surface area (Å²) < 4.78 is 4.95. The quantitative estimate of drug-likeness (QED) is 0.804. The molecular formula is C14H12N2O4S. The molecule has 1 aliphatic carbocycles. The van der Waals surface area contributed by atoms with Crippen molar-refractivity contribution in [2.75, 3.05) is 12.4 Å². The van der Waals surface area contributed by atoms with E-state index in [9.17, 15) is 14.4 Å². The number of ketones is 2. The zero-order chi connectivity index (χ0) is 15.2. The van der Waals surface area contributed by atoms with Crippen molar-refractivity contribution in [1.82, 2.24) is 4.98 Å². The van der Waals surface area contributed by atoms with E-state index < -0.39 is 17.3 Å². The van der Waals surface area contributed by atoms with E-state index in [1.165, 1.54) is 6.20 Å². The second-order valence-corrected chi connectivity index (χ2v) is 5.73. The standard InChI is InChI=1S/C14H12N2O4S/c1-2-20-13(19)14(15)6-21-12-8(14)11(18)9-7(10(12)17)4-3-5-16-9/h3-5H,2,6,15H2,1H3/t14-/m1/s1. The van der Waals surface area contributed by atoms with Crippen LogP contribution in [0.3, 0.4) is 0 Å². The molecule has 2 aliphatic rings. The van der Waals surface area contributed by atoms with E-state index in [1.54, 1.807) is 19.1 Å². The molecule has 1 aromatic rings. The van der Waals surface area contributed by atoms with Gasteiger partial charge < -0.3 is 10.5 Å². The Labute approximate surface area is 124 Å². The third-order valence-electron chi connectivity index (χ3n) is 3.46. The van der Waals surface area contributed by atoms with Crippen LogP contribution in [0, 0.1) is 0 Å². The highest BCUT2D eigenvalue weighted by Crippen LogP contribution is 2.44. The van der Waals surface area contributed by atoms with Crippen LogP contribution in [0.25, 0.3) is 0 Å². The molecule has 3 rings (SSSR count). The Morgan fingerprint density at radius 3 is 2.95 bits per heavy atom. The molecule has 0 unspecified atom stereocenters. The van der Waals surface area contributed by atoms with Crippen molar-refractivity contribution in [2.45, 2.75) is 12.5 Å². The van der Waals surface area contributed by atoms with Gasteiger partial charge in [-0.3, -0.25) is 14.6 Å². The van der Waals surface area contributed by atoms with Gasteiger partial charge in [0.15, 0.2) is 5.54 Å². The van der Waals surface area contributed by atoms with Crippen molar-refractivity contribution in [3.8, 4) is 0 Å². The Kier molecular flexibility index (Phi) is 3.18. The highest BCUT2D eigenvalue weighted by Gasteiger charge is 2.53. The zero-order valence-electron chi connectivity index (χ0n) is 11.2. The molecule has 0 saturated heterocycles. The van der Waals surface area contributed by atoms with Gasteiger partial charge in [0.2, 0.25) is 11.6 Å². The van der Waals surface area contributed by atoms with Crippen molar-refractivity contribution in [3.05, 3.63) is 40.1 Å². The topological polar surface area (TPSA) is 99.3 Å². The van der Waals surface area contributed by atoms with Gasteiger partial charge in [-0.1, -0.05) is 0 Å². The molecule has 0 amide bonds. The summed E-state index contributed by atoms with van der Waals surface area (Å²) in [5.74, 6) is -1.36. The number of fused-ring (bicyclic) bond motifs is 1. The fraction of sp³-hybridized carbons (Fsp3) is 0.286. The van der Waals surface area contributed by atoms with E-state index in [0.29, 0.717) is 0 Å². The minimum absolute atomic E-state index is 0.0159. The first-order valence-corrected chi connectivity index (χ1v) is 7.37. The summed E-state index contributed by atoms with van der Waals surface area (Å²) in [5.41, 5.74) is 4.83. The lowest BCUT2D eigenvalue weighted by Crippen LogP contribution is -2.53. The van der Waals surface area contributed by atoms with Crippen LogP contribution >= 0.6 is 11.8 Å². The number of thioether (sulfide) groups is 1. The molecule has 21 heavy (non-hydrogen) atoms. The molecule has 108 valence electrons. The Morgan fingerprint density at radius 1 is 1.48 bits per heavy atom. The first kappa shape index (κ1) is 14.0. The number of carbonyl (C=O) groups is 3. The number of hydrogen-bond donors (Lipinski definition) is 1. The van der Waals surface area contributed by atoms with Crippen LogP contribution in [-0.2, 0) is 9.53 Å². The summed E-state index contributed by atoms with van der Waals surface area (Å²) in [5, 5.41) is 0. The van der Waals surface area contributed by atoms with E-state index in [1.807, 2.05) is 0 Å². The fourth-order valence-corrected chi connectivity index (χ4v) is 3.74. The summed E-state index contributed by atoms with van der Waals surface area (Å²) in [6.45, 7) is 1.81. The largest absolute Gasteiger partial charge is 0.464 e. The molecule has 0 bridgehead atoms. The molecule has 0 fully saturated rings. The van der Waals surface area contributed by atoms with Crippen LogP contribution < -0.4 is 5.73 Å². The van der Waals surface area contributed by atoms with Gasteiger partial charge in [0, 0.05) is 11.9 Å². The summed E-state index contributed by atoms with van der Waals surface area (Å²) in [4.78, 5) is 41.3. The first-order chi connectivity index (χ1) is 10.0. The highest BCUT2D eigenvalue weighted by molar-refractivity contribution is 8.04. The lowest BCUT2D eigenvalue weighted by molar-refractivity contribution is -0.147. The van der Waals surface area contributed by atoms with Crippen LogP contribution in [0.2, 0.25) is 0 Å². The molecule has 0 spiro atoms. The van der Waals surface area contributed by atoms with E-state index >= 15 is 0 Å². The van der Waals surface area contributed by atoms with Gasteiger partial charge in [0.25, 0.3) is 0 Å². The number of allylic oxidation sites excluding steroid dienone is 1. The molecule has 1 aliphatic heterocycles. The highest BCUT2D eigenvalue weighted by atomic mass is 32.2. The fourth-order valence-electron chi connectivity index (χ4n) is 2.45. The second kappa shape index (κ2) is 4.78. The van der Waals surface area contributed by atoms with Crippen LogP contribution in [0.1, 0.15) is 27.8 Å². The minimum Gasteiger partial charge on any atom is -0.464 e. The third-order valence-corrected chi connectivity index (χ3v) is 4.74. The van der Waals surface area contributed by atoms with Crippen molar-refractivity contribution in [2.24, 2.45) is 5.73 Å². The number of ether oxygens (including phenoxy) is 1. The Balaban J connectivity index is 2.14. The van der Waals surface area contributed by atoms with Gasteiger partial charge in [0.1, 0.15) is 5.69 Å². The summed E-state index contributed by atoms with van der Waals surface area (Å²) in [7, 11) is 0. The SMILES string of the molecule is CCOC(=O)[C@@]1(N)CSC2=C1C(=O)c1ncccc1C2=O. The van der Waals surface area contributed by atoms with Gasteiger partial charge in [-0.15, -0.1) is 11.8 Å². The molecule has 2 N–H and O–H groups in total. The smallest absolute Gasteiger partial charge is 0.331 e. The molecular weight excluding hydrogens is 292 g/mol. The lowest BCUT2D eigenvalue weighted by Gasteiger charge is -2.25. The maximum atomic E-state index is 12.6. The third kappa shape index (κ3) is 1.85. The number of nitrogens with zero attached hydrogens (tertiary/aromatic N) is 1. The summed E-state index contributed by atoms with van der Waals surface area (Å²) >= 11 is 1.12. The first-order valence-electron chi connectivity index (χ1n) is 6.38. The molecule has 6 nitrogen and oxygen atoms in total. The number of aromatic nitrogens is 1. The van der Waals surface area contributed by atoms with Crippen molar-refractivity contribution < 1.29 is 19.1 Å². The van der Waals surface area contributed by atoms with Crippen LogP contribution in [0.15, 0.2) is 28.8 Å². The van der Waals surface area contributed by atoms with Gasteiger partial charge in [-0.25, -0.2) is 4.79 Å². The van der Waals surface area contributed by atoms with Crippen LogP contribution in [-0.4, -0.2) is 40.4 Å². The molecule has 0 aromatic carbocycles. The summed E-state index contributed by atoms with van der Waals surface area (Å²) in [6.07, 6.45) is 1.43. The number of Topliss-reactive ketones (excluding diaryl/α,β-unsaturated/α-hetero) is 2. The Bertz CT molecular complexity index is 713. The average molecular weight is 304 g/mol. The molecule has 1 aromatic heterocycles. The number of nitrogens with two attached hydrogens (primary N) is 1. The zero-order valence-corrected chi connectivity index (χ0v) is 12.0. The predicted molar refractivity (Wildman–Crippen MR) is 75.9 cm³/mol. The summed E-state index contributed by atoms with van der Waals surface area (Å²) in [6, 6.07) is 3.14. The minimum atomic E-state index is -1.59. The lowest BCUT2D eigenvalue weighted by atomic mass is 9.82. The van der Waals surface area contributed by atoms with Crippen LogP contribution in [0.4, 0.5) is 0 Å². The molecule has 1 atom stereocenters. The van der Waals surface area contributed by atoms with Crippen molar-refractivity contribution in [3.63, 3.8) is 0 Å². The van der Waals surface area contributed by atoms with Gasteiger partial charge >= 0.3 is 5.97 Å². The molecule has 0 radical (unpaired) electrons. The van der Waals surface area contributed by atoms with Gasteiger partial charge in [0.05, 0.1) is 22.6 Å². The van der Waals surface area contributed by atoms with E-state index in [-0.39, 0.29) is 39.9 Å². The Hall–Kier alpha value is -1.99. The number of hydrogen-bond acceptors (Lipinski definition) is 7. The Morgan fingerprint density at radius 2 is 2.24 bits per heavy atom. The van der Waals surface area contributed by atoms with Crippen molar-refractivity contribution in [1.29, 1.82) is 0 Å². The maximum Gasteiger partial charge on any atom is 0.331 e. The van der Waals surface area contributed by atoms with Crippen molar-refractivity contribution >= 4 is 29.3 Å². The number of carbonyl (C=O) groups excluding carboxylic acids is 3. The second-order valence-electron chi connectivity index (χ2n) is 4.74. The van der Waals surface area contributed by atoms with E-state index in [0.717, 1.165) is 11.8 Å². The maximum absolute atomic E-state index is 12.6. The number of pyridine rings is 1. The number of esters is 1. The van der Waals surface area contributed by atoms with E-state index in [2.05, 4.69) is 4.98 Å². The molecule has 2 heterocycles. The number of rotatable bonds is 2. The molecule has 7 heteroatoms. The van der Waals surface area contributed by atoms with E-state index in [4.69, 9.17) is 10.5 Å². The monoisotopic (exact) mass is 304 g/mol. The average Bonchev–Trinajstić information content (AvgIpc) is 2.85. The normalized spacial score (nSPS) is 23.9. The molecule has 0 saturated carbocycles. The predicted octanol–water partition coefficient (Wildman–Crippen LogP) is 0.722. The van der Waals surface area contributed by atoms with Gasteiger partial charge in [-0.2, -0.15) is 0 Å². The van der Waals surface area contributed by atoms with Gasteiger partial charge in [-0.05, 0) is 19.1 Å². The van der Waals surface area contributed by atoms with Crippen LogP contribution in [0.5, 0.6) is 0 Å².